The maximum Gasteiger partial charge on any atom is 0.244 e. The van der Waals surface area contributed by atoms with E-state index < -0.39 is 0 Å². The van der Waals surface area contributed by atoms with E-state index in [4.69, 9.17) is 4.74 Å². The summed E-state index contributed by atoms with van der Waals surface area (Å²) in [5, 5.41) is 6.60. The van der Waals surface area contributed by atoms with Crippen LogP contribution in [-0.2, 0) is 20.9 Å². The van der Waals surface area contributed by atoms with Crippen LogP contribution in [0.5, 0.6) is 0 Å². The number of ether oxygens (including phenoxy) is 1. The second-order valence-electron chi connectivity index (χ2n) is 7.52. The van der Waals surface area contributed by atoms with Crippen LogP contribution in [0.15, 0.2) is 54.6 Å². The van der Waals surface area contributed by atoms with Crippen molar-refractivity contribution >= 4 is 45.1 Å². The quantitative estimate of drug-likeness (QED) is 0.515. The third kappa shape index (κ3) is 6.46. The Morgan fingerprint density at radius 3 is 2.81 bits per heavy atom. The van der Waals surface area contributed by atoms with Gasteiger partial charge in [0.2, 0.25) is 11.8 Å². The Kier molecular flexibility index (Phi) is 7.60. The second-order valence-corrected chi connectivity index (χ2v) is 8.59. The van der Waals surface area contributed by atoms with Crippen LogP contribution < -0.4 is 10.6 Å². The molecule has 3 aromatic rings. The zero-order valence-electron chi connectivity index (χ0n) is 17.8. The summed E-state index contributed by atoms with van der Waals surface area (Å²) < 4.78 is 6.42. The maximum absolute atomic E-state index is 12.3. The average Bonchev–Trinajstić information content (AvgIpc) is 3.24. The van der Waals surface area contributed by atoms with E-state index >= 15 is 0 Å². The molecule has 0 bridgehead atoms. The highest BCUT2D eigenvalue weighted by Gasteiger charge is 2.12. The SMILES string of the molecule is O=C(C=Cc1nc2ccccc2s1)NCc1cccc(NC(=O)CCN2CCOCC2)c1. The largest absolute Gasteiger partial charge is 0.379 e. The van der Waals surface area contributed by atoms with Gasteiger partial charge in [0.25, 0.3) is 0 Å². The summed E-state index contributed by atoms with van der Waals surface area (Å²) in [6.07, 6.45) is 3.66. The first-order chi connectivity index (χ1) is 15.7. The Morgan fingerprint density at radius 1 is 1.12 bits per heavy atom. The number of hydrogen-bond donors (Lipinski definition) is 2. The summed E-state index contributed by atoms with van der Waals surface area (Å²) in [4.78, 5) is 31.2. The first-order valence-electron chi connectivity index (χ1n) is 10.7. The predicted octanol–water partition coefficient (Wildman–Crippen LogP) is 3.29. The number of amides is 2. The average molecular weight is 451 g/mol. The fourth-order valence-electron chi connectivity index (χ4n) is 3.42. The van der Waals surface area contributed by atoms with E-state index in [0.717, 1.165) is 59.3 Å². The van der Waals surface area contributed by atoms with Gasteiger partial charge in [0.05, 0.1) is 23.4 Å². The number of hydrogen-bond acceptors (Lipinski definition) is 6. The minimum atomic E-state index is -0.191. The molecule has 1 saturated heterocycles. The van der Waals surface area contributed by atoms with Gasteiger partial charge in [-0.05, 0) is 35.9 Å². The molecule has 166 valence electrons. The molecule has 32 heavy (non-hydrogen) atoms. The number of anilines is 1. The molecule has 0 atom stereocenters. The van der Waals surface area contributed by atoms with E-state index in [2.05, 4.69) is 20.5 Å². The molecular weight excluding hydrogens is 424 g/mol. The minimum absolute atomic E-state index is 0.0172. The smallest absolute Gasteiger partial charge is 0.244 e. The minimum Gasteiger partial charge on any atom is -0.379 e. The molecule has 1 fully saturated rings. The van der Waals surface area contributed by atoms with Crippen LogP contribution in [0.1, 0.15) is 17.0 Å². The molecule has 4 rings (SSSR count). The summed E-state index contributed by atoms with van der Waals surface area (Å²) in [5.41, 5.74) is 2.58. The number of thiazole rings is 1. The van der Waals surface area contributed by atoms with Crippen molar-refractivity contribution in [3.63, 3.8) is 0 Å². The maximum atomic E-state index is 12.3. The van der Waals surface area contributed by atoms with Gasteiger partial charge < -0.3 is 15.4 Å². The number of carbonyl (C=O) groups excluding carboxylic acids is 2. The second kappa shape index (κ2) is 11.0. The third-order valence-electron chi connectivity index (χ3n) is 5.12. The van der Waals surface area contributed by atoms with Crippen LogP contribution in [0.3, 0.4) is 0 Å². The number of fused-ring (bicyclic) bond motifs is 1. The van der Waals surface area contributed by atoms with Crippen LogP contribution in [0.25, 0.3) is 16.3 Å². The Morgan fingerprint density at radius 2 is 1.97 bits per heavy atom. The standard InChI is InChI=1S/C24H26N4O3S/c29-22(8-9-24-27-20-6-1-2-7-21(20)32-24)25-17-18-4-3-5-19(16-18)26-23(30)10-11-28-12-14-31-15-13-28/h1-9,16H,10-15,17H2,(H,25,29)(H,26,30). The summed E-state index contributed by atoms with van der Waals surface area (Å²) in [6, 6.07) is 15.4. The molecule has 8 heteroatoms. The van der Waals surface area contributed by atoms with Crippen LogP contribution in [0.2, 0.25) is 0 Å². The van der Waals surface area contributed by atoms with Gasteiger partial charge in [0.15, 0.2) is 0 Å². The van der Waals surface area contributed by atoms with Crippen molar-refractivity contribution in [3.05, 3.63) is 65.2 Å². The molecule has 1 aromatic heterocycles. The van der Waals surface area contributed by atoms with E-state index in [0.29, 0.717) is 13.0 Å². The summed E-state index contributed by atoms with van der Waals surface area (Å²) >= 11 is 1.55. The van der Waals surface area contributed by atoms with Crippen molar-refractivity contribution in [1.29, 1.82) is 0 Å². The topological polar surface area (TPSA) is 83.6 Å². The molecule has 2 aromatic carbocycles. The third-order valence-corrected chi connectivity index (χ3v) is 6.13. The molecule has 2 heterocycles. The highest BCUT2D eigenvalue weighted by molar-refractivity contribution is 7.19. The first-order valence-corrected chi connectivity index (χ1v) is 11.5. The summed E-state index contributed by atoms with van der Waals surface area (Å²) in [5.74, 6) is -0.208. The molecule has 0 spiro atoms. The lowest BCUT2D eigenvalue weighted by molar-refractivity contribution is -0.117. The molecular formula is C24H26N4O3S. The fraction of sp³-hybridized carbons (Fsp3) is 0.292. The summed E-state index contributed by atoms with van der Waals surface area (Å²) in [6.45, 7) is 4.30. The van der Waals surface area contributed by atoms with E-state index in [-0.39, 0.29) is 11.8 Å². The van der Waals surface area contributed by atoms with Gasteiger partial charge in [0, 0.05) is 44.4 Å². The van der Waals surface area contributed by atoms with Crippen molar-refractivity contribution in [2.24, 2.45) is 0 Å². The lowest BCUT2D eigenvalue weighted by atomic mass is 10.2. The Hall–Kier alpha value is -3.07. The Balaban J connectivity index is 1.24. The number of morpholine rings is 1. The first kappa shape index (κ1) is 22.1. The molecule has 2 N–H and O–H groups in total. The fourth-order valence-corrected chi connectivity index (χ4v) is 4.29. The number of nitrogens with zero attached hydrogens (tertiary/aromatic N) is 2. The van der Waals surface area contributed by atoms with Gasteiger partial charge in [-0.15, -0.1) is 11.3 Å². The lowest BCUT2D eigenvalue weighted by Crippen LogP contribution is -2.38. The number of rotatable bonds is 8. The van der Waals surface area contributed by atoms with Crippen LogP contribution in [-0.4, -0.2) is 54.5 Å². The zero-order chi connectivity index (χ0) is 22.2. The molecule has 7 nitrogen and oxygen atoms in total. The lowest BCUT2D eigenvalue weighted by Gasteiger charge is -2.26. The van der Waals surface area contributed by atoms with Crippen molar-refractivity contribution in [2.75, 3.05) is 38.2 Å². The summed E-state index contributed by atoms with van der Waals surface area (Å²) in [7, 11) is 0. The van der Waals surface area contributed by atoms with Gasteiger partial charge in [-0.2, -0.15) is 0 Å². The van der Waals surface area contributed by atoms with E-state index in [1.165, 1.54) is 6.08 Å². The normalized spacial score (nSPS) is 14.6. The molecule has 0 saturated carbocycles. The Labute approximate surface area is 191 Å². The highest BCUT2D eigenvalue weighted by Crippen LogP contribution is 2.22. The van der Waals surface area contributed by atoms with Crippen molar-refractivity contribution in [2.45, 2.75) is 13.0 Å². The van der Waals surface area contributed by atoms with Crippen LogP contribution >= 0.6 is 11.3 Å². The van der Waals surface area contributed by atoms with Gasteiger partial charge in [-0.1, -0.05) is 24.3 Å². The van der Waals surface area contributed by atoms with E-state index in [1.807, 2.05) is 48.5 Å². The monoisotopic (exact) mass is 450 g/mol. The van der Waals surface area contributed by atoms with E-state index in [9.17, 15) is 9.59 Å². The molecule has 0 unspecified atom stereocenters. The van der Waals surface area contributed by atoms with Crippen molar-refractivity contribution in [1.82, 2.24) is 15.2 Å². The zero-order valence-corrected chi connectivity index (χ0v) is 18.6. The number of carbonyl (C=O) groups is 2. The number of para-hydroxylation sites is 1. The van der Waals surface area contributed by atoms with Gasteiger partial charge in [0.1, 0.15) is 5.01 Å². The van der Waals surface area contributed by atoms with Gasteiger partial charge in [-0.25, -0.2) is 4.98 Å². The highest BCUT2D eigenvalue weighted by atomic mass is 32.1. The van der Waals surface area contributed by atoms with Gasteiger partial charge >= 0.3 is 0 Å². The van der Waals surface area contributed by atoms with Crippen LogP contribution in [0.4, 0.5) is 5.69 Å². The molecule has 1 aliphatic heterocycles. The molecule has 0 radical (unpaired) electrons. The van der Waals surface area contributed by atoms with Crippen LogP contribution in [0, 0.1) is 0 Å². The molecule has 2 amide bonds. The predicted molar refractivity (Wildman–Crippen MR) is 127 cm³/mol. The van der Waals surface area contributed by atoms with Crippen molar-refractivity contribution < 1.29 is 14.3 Å². The number of benzene rings is 2. The van der Waals surface area contributed by atoms with Crippen molar-refractivity contribution in [3.8, 4) is 0 Å². The molecule has 0 aliphatic carbocycles. The van der Waals surface area contributed by atoms with Gasteiger partial charge in [-0.3, -0.25) is 14.5 Å². The van der Waals surface area contributed by atoms with E-state index in [1.54, 1.807) is 17.4 Å². The number of aromatic nitrogens is 1. The molecule has 1 aliphatic rings. The Bertz CT molecular complexity index is 1070. The number of nitrogens with one attached hydrogen (secondary N) is 2.